The first-order chi connectivity index (χ1) is 23.4. The molecule has 5 heteroatoms. The first-order valence-electron chi connectivity index (χ1n) is 20.0. The molecule has 0 unspecified atom stereocenters. The van der Waals surface area contributed by atoms with Gasteiger partial charge in [0.15, 0.2) is 23.1 Å². The third-order valence-electron chi connectivity index (χ3n) is 8.95. The Hall–Kier alpha value is -2.48. The predicted octanol–water partition coefficient (Wildman–Crippen LogP) is 12.4. The number of carbonyl (C=O) groups is 2. The van der Waals surface area contributed by atoms with Crippen molar-refractivity contribution in [2.45, 2.75) is 189 Å². The van der Waals surface area contributed by atoms with Crippen LogP contribution in [0, 0.1) is 17.8 Å². The van der Waals surface area contributed by atoms with Crippen LogP contribution in [0.4, 0.5) is 0 Å². The molecule has 1 rings (SSSR count). The van der Waals surface area contributed by atoms with E-state index in [1.165, 1.54) is 129 Å². The number of carbonyl (C=O) groups excluding carboxylic acids is 2. The van der Waals surface area contributed by atoms with Crippen LogP contribution in [-0.2, 0) is 9.59 Å². The van der Waals surface area contributed by atoms with Gasteiger partial charge < -0.3 is 14.2 Å². The highest BCUT2D eigenvalue weighted by Gasteiger charge is 2.18. The molecule has 48 heavy (non-hydrogen) atoms. The Kier molecular flexibility index (Phi) is 27.7. The van der Waals surface area contributed by atoms with E-state index in [4.69, 9.17) is 14.2 Å². The maximum Gasteiger partial charge on any atom is 0.203 e. The number of hydrogen-bond acceptors (Lipinski definition) is 5. The normalized spacial score (nSPS) is 11.0. The summed E-state index contributed by atoms with van der Waals surface area (Å²) in [7, 11) is 0. The van der Waals surface area contributed by atoms with Crippen molar-refractivity contribution in [3.05, 3.63) is 17.7 Å². The number of Topliss-reactive ketones (excluding diaryl/α,β-unsaturated/α-hetero) is 2. The largest absolute Gasteiger partial charge is 0.490 e. The summed E-state index contributed by atoms with van der Waals surface area (Å²) in [6.07, 6.45) is 29.7. The molecule has 0 atom stereocenters. The van der Waals surface area contributed by atoms with Crippen LogP contribution >= 0.6 is 0 Å². The Labute approximate surface area is 296 Å². The lowest BCUT2D eigenvalue weighted by Crippen LogP contribution is -2.17. The lowest BCUT2D eigenvalue weighted by molar-refractivity contribution is -0.127. The summed E-state index contributed by atoms with van der Waals surface area (Å²) < 4.78 is 19.2. The zero-order valence-corrected chi connectivity index (χ0v) is 31.9. The number of unbranched alkanes of at least 4 members (excludes halogenated alkanes) is 21. The molecule has 0 heterocycles. The molecule has 0 aliphatic rings. The van der Waals surface area contributed by atoms with Gasteiger partial charge in [-0.05, 0) is 45.2 Å². The quantitative estimate of drug-likeness (QED) is 0.0434. The molecule has 1 aromatic rings. The molecule has 0 N–H and O–H groups in total. The Morgan fingerprint density at radius 3 is 1.15 bits per heavy atom. The third-order valence-corrected chi connectivity index (χ3v) is 8.95. The van der Waals surface area contributed by atoms with Crippen molar-refractivity contribution in [3.63, 3.8) is 0 Å². The third kappa shape index (κ3) is 22.2. The van der Waals surface area contributed by atoms with E-state index in [9.17, 15) is 9.59 Å². The van der Waals surface area contributed by atoms with Crippen LogP contribution in [0.2, 0.25) is 0 Å². The van der Waals surface area contributed by atoms with Crippen molar-refractivity contribution < 1.29 is 23.8 Å². The SMILES string of the molecule is CCCCCCCCCCOc1cc(C#CC(C(C)=O)C(C)=O)cc(OCCCCCCCCCC)c1OCCCCCCCCCC. The van der Waals surface area contributed by atoms with Crippen LogP contribution in [0.15, 0.2) is 12.1 Å². The molecule has 0 aliphatic carbocycles. The zero-order chi connectivity index (χ0) is 35.1. The van der Waals surface area contributed by atoms with E-state index in [-0.39, 0.29) is 11.6 Å². The van der Waals surface area contributed by atoms with Gasteiger partial charge in [0.05, 0.1) is 19.8 Å². The van der Waals surface area contributed by atoms with Gasteiger partial charge >= 0.3 is 0 Å². The van der Waals surface area contributed by atoms with Crippen molar-refractivity contribution in [2.24, 2.45) is 5.92 Å². The summed E-state index contributed by atoms with van der Waals surface area (Å²) in [5.74, 6) is 6.51. The van der Waals surface area contributed by atoms with E-state index >= 15 is 0 Å². The summed E-state index contributed by atoms with van der Waals surface area (Å²) in [6.45, 7) is 11.4. The standard InChI is InChI=1S/C43H72O5/c1-6-9-12-15-18-21-24-27-32-46-41-35-39(30-31-40(37(4)44)38(5)45)36-42(47-33-28-25-22-19-16-13-10-7-2)43(41)48-34-29-26-23-20-17-14-11-8-3/h35-36,40H,6-29,32-34H2,1-5H3. The van der Waals surface area contributed by atoms with E-state index < -0.39 is 5.92 Å². The molecule has 0 amide bonds. The van der Waals surface area contributed by atoms with Crippen LogP contribution in [0.3, 0.4) is 0 Å². The summed E-state index contributed by atoms with van der Waals surface area (Å²) in [5, 5.41) is 0. The smallest absolute Gasteiger partial charge is 0.203 e. The summed E-state index contributed by atoms with van der Waals surface area (Å²) in [5.41, 5.74) is 0.666. The molecular weight excluding hydrogens is 596 g/mol. The average molecular weight is 669 g/mol. The molecule has 0 bridgehead atoms. The van der Waals surface area contributed by atoms with Crippen molar-refractivity contribution in [2.75, 3.05) is 19.8 Å². The van der Waals surface area contributed by atoms with E-state index in [1.807, 2.05) is 12.1 Å². The second-order valence-electron chi connectivity index (χ2n) is 13.7. The van der Waals surface area contributed by atoms with E-state index in [0.29, 0.717) is 42.6 Å². The number of rotatable bonds is 32. The second-order valence-corrected chi connectivity index (χ2v) is 13.7. The van der Waals surface area contributed by atoms with Gasteiger partial charge in [0.1, 0.15) is 5.92 Å². The highest BCUT2D eigenvalue weighted by molar-refractivity contribution is 6.03. The van der Waals surface area contributed by atoms with Crippen molar-refractivity contribution in [1.82, 2.24) is 0 Å². The highest BCUT2D eigenvalue weighted by atomic mass is 16.5. The minimum Gasteiger partial charge on any atom is -0.490 e. The van der Waals surface area contributed by atoms with Crippen LogP contribution in [0.1, 0.15) is 194 Å². The summed E-state index contributed by atoms with van der Waals surface area (Å²) in [6, 6.07) is 3.78. The van der Waals surface area contributed by atoms with Crippen molar-refractivity contribution >= 4 is 11.6 Å². The second kappa shape index (κ2) is 30.6. The average Bonchev–Trinajstić information content (AvgIpc) is 3.06. The highest BCUT2D eigenvalue weighted by Crippen LogP contribution is 2.39. The maximum atomic E-state index is 12.1. The number of ketones is 2. The lowest BCUT2D eigenvalue weighted by atomic mass is 10.0. The van der Waals surface area contributed by atoms with E-state index in [2.05, 4.69) is 32.6 Å². The van der Waals surface area contributed by atoms with Gasteiger partial charge in [0, 0.05) is 5.56 Å². The van der Waals surface area contributed by atoms with Gasteiger partial charge in [0.2, 0.25) is 5.75 Å². The molecule has 274 valence electrons. The monoisotopic (exact) mass is 669 g/mol. The fraction of sp³-hybridized carbons (Fsp3) is 0.767. The Morgan fingerprint density at radius 2 is 0.812 bits per heavy atom. The molecule has 0 aromatic heterocycles. The fourth-order valence-electron chi connectivity index (χ4n) is 5.90. The molecule has 0 saturated carbocycles. The molecule has 0 aliphatic heterocycles. The zero-order valence-electron chi connectivity index (χ0n) is 31.9. The summed E-state index contributed by atoms with van der Waals surface area (Å²) in [4.78, 5) is 24.1. The topological polar surface area (TPSA) is 61.8 Å². The van der Waals surface area contributed by atoms with E-state index in [0.717, 1.165) is 38.5 Å². The summed E-state index contributed by atoms with van der Waals surface area (Å²) >= 11 is 0. The molecular formula is C43H72O5. The maximum absolute atomic E-state index is 12.1. The van der Waals surface area contributed by atoms with Crippen LogP contribution in [-0.4, -0.2) is 31.4 Å². The van der Waals surface area contributed by atoms with Crippen LogP contribution in [0.25, 0.3) is 0 Å². The van der Waals surface area contributed by atoms with Crippen molar-refractivity contribution in [1.29, 1.82) is 0 Å². The number of benzene rings is 1. The predicted molar refractivity (Wildman–Crippen MR) is 202 cm³/mol. The van der Waals surface area contributed by atoms with Crippen LogP contribution < -0.4 is 14.2 Å². The molecule has 0 spiro atoms. The Morgan fingerprint density at radius 1 is 0.500 bits per heavy atom. The number of hydrogen-bond donors (Lipinski definition) is 0. The van der Waals surface area contributed by atoms with Gasteiger partial charge in [-0.15, -0.1) is 0 Å². The minimum absolute atomic E-state index is 0.238. The van der Waals surface area contributed by atoms with Gasteiger partial charge in [-0.25, -0.2) is 0 Å². The first kappa shape index (κ1) is 43.5. The number of ether oxygens (including phenoxy) is 3. The molecule has 5 nitrogen and oxygen atoms in total. The fourth-order valence-corrected chi connectivity index (χ4v) is 5.90. The van der Waals surface area contributed by atoms with Crippen LogP contribution in [0.5, 0.6) is 17.2 Å². The Bertz CT molecular complexity index is 963. The molecule has 0 saturated heterocycles. The van der Waals surface area contributed by atoms with Crippen molar-refractivity contribution in [3.8, 4) is 29.1 Å². The van der Waals surface area contributed by atoms with Gasteiger partial charge in [-0.3, -0.25) is 9.59 Å². The lowest BCUT2D eigenvalue weighted by Gasteiger charge is -2.18. The van der Waals surface area contributed by atoms with Gasteiger partial charge in [-0.1, -0.05) is 167 Å². The Balaban J connectivity index is 3.03. The van der Waals surface area contributed by atoms with Gasteiger partial charge in [-0.2, -0.15) is 0 Å². The molecule has 1 aromatic carbocycles. The minimum atomic E-state index is -0.925. The molecule has 0 radical (unpaired) electrons. The van der Waals surface area contributed by atoms with E-state index in [1.54, 1.807) is 0 Å². The first-order valence-corrected chi connectivity index (χ1v) is 20.0. The molecule has 0 fully saturated rings. The van der Waals surface area contributed by atoms with Gasteiger partial charge in [0.25, 0.3) is 0 Å².